The Morgan fingerprint density at radius 3 is 2.52 bits per heavy atom. The first kappa shape index (κ1) is 18.7. The van der Waals surface area contributed by atoms with Gasteiger partial charge in [0.15, 0.2) is 0 Å². The highest BCUT2D eigenvalue weighted by Crippen LogP contribution is 2.14. The predicted molar refractivity (Wildman–Crippen MR) is 104 cm³/mol. The summed E-state index contributed by atoms with van der Waals surface area (Å²) >= 11 is 0. The van der Waals surface area contributed by atoms with E-state index in [1.54, 1.807) is 28.5 Å². The summed E-state index contributed by atoms with van der Waals surface area (Å²) in [6.07, 6.45) is 2.76. The number of pyridine rings is 1. The zero-order valence-electron chi connectivity index (χ0n) is 15.6. The molecule has 0 spiro atoms. The molecule has 1 N–H and O–H groups in total. The molecule has 0 atom stereocenters. The van der Waals surface area contributed by atoms with E-state index >= 15 is 0 Å². The first-order chi connectivity index (χ1) is 13.1. The summed E-state index contributed by atoms with van der Waals surface area (Å²) in [5, 5.41) is 2.88. The van der Waals surface area contributed by atoms with E-state index in [-0.39, 0.29) is 18.0 Å². The number of carbonyl (C=O) groups excluding carboxylic acids is 1. The molecule has 0 fully saturated rings. The molecule has 0 aliphatic rings. The number of hydrogen-bond donors (Lipinski definition) is 1. The summed E-state index contributed by atoms with van der Waals surface area (Å²) in [4.78, 5) is 29.0. The molecule has 0 unspecified atom stereocenters. The molecule has 27 heavy (non-hydrogen) atoms. The van der Waals surface area contributed by atoms with Crippen molar-refractivity contribution in [1.29, 1.82) is 0 Å². The van der Waals surface area contributed by atoms with Crippen molar-refractivity contribution >= 4 is 16.9 Å². The molecular weight excluding hydrogens is 344 g/mol. The number of rotatable bonds is 8. The number of benzene rings is 1. The number of methoxy groups -OCH3 is 1. The Hall–Kier alpha value is -3.09. The van der Waals surface area contributed by atoms with Crippen molar-refractivity contribution in [3.8, 4) is 5.88 Å². The fraction of sp³-hybridized carbons (Fsp3) is 0.350. The zero-order chi connectivity index (χ0) is 19.2. The molecule has 142 valence electrons. The second-order valence-corrected chi connectivity index (χ2v) is 6.31. The Kier molecular flexibility index (Phi) is 5.90. The summed E-state index contributed by atoms with van der Waals surface area (Å²) in [5.74, 6) is 0.405. The molecular formula is C20H24N4O3. The number of imidazole rings is 1. The summed E-state index contributed by atoms with van der Waals surface area (Å²) < 4.78 is 8.53. The monoisotopic (exact) mass is 368 g/mol. The van der Waals surface area contributed by atoms with Crippen LogP contribution in [0.25, 0.3) is 11.0 Å². The van der Waals surface area contributed by atoms with E-state index in [1.807, 2.05) is 37.3 Å². The lowest BCUT2D eigenvalue weighted by Gasteiger charge is -2.07. The predicted octanol–water partition coefficient (Wildman–Crippen LogP) is 2.32. The van der Waals surface area contributed by atoms with Crippen molar-refractivity contribution in [3.63, 3.8) is 0 Å². The number of aryl methyl sites for hydroxylation is 2. The van der Waals surface area contributed by atoms with Gasteiger partial charge in [-0.3, -0.25) is 13.9 Å². The largest absolute Gasteiger partial charge is 0.481 e. The van der Waals surface area contributed by atoms with Crippen molar-refractivity contribution in [1.82, 2.24) is 19.4 Å². The van der Waals surface area contributed by atoms with Crippen LogP contribution in [0, 0.1) is 0 Å². The normalized spacial score (nSPS) is 10.9. The van der Waals surface area contributed by atoms with E-state index in [4.69, 9.17) is 4.74 Å². The smallest absolute Gasteiger partial charge is 0.329 e. The highest BCUT2D eigenvalue weighted by Gasteiger charge is 2.13. The molecule has 1 amide bonds. The average molecular weight is 368 g/mol. The van der Waals surface area contributed by atoms with Crippen molar-refractivity contribution in [3.05, 3.63) is 58.6 Å². The van der Waals surface area contributed by atoms with Crippen LogP contribution in [0.1, 0.15) is 25.3 Å². The van der Waals surface area contributed by atoms with Crippen LogP contribution < -0.4 is 15.7 Å². The summed E-state index contributed by atoms with van der Waals surface area (Å²) in [6, 6.07) is 11.3. The molecule has 0 radical (unpaired) electrons. The van der Waals surface area contributed by atoms with Gasteiger partial charge in [-0.05, 0) is 30.2 Å². The molecule has 2 aromatic heterocycles. The van der Waals surface area contributed by atoms with Crippen molar-refractivity contribution < 1.29 is 9.53 Å². The molecule has 0 aliphatic carbocycles. The SMILES string of the molecule is CCCn1c(=O)n(CCC(=O)NCc2ccnc(OC)c2)c2ccccc21. The number of amides is 1. The van der Waals surface area contributed by atoms with Gasteiger partial charge in [-0.25, -0.2) is 9.78 Å². The third kappa shape index (κ3) is 4.19. The van der Waals surface area contributed by atoms with Crippen molar-refractivity contribution in [2.75, 3.05) is 7.11 Å². The molecule has 0 bridgehead atoms. The number of para-hydroxylation sites is 2. The van der Waals surface area contributed by atoms with E-state index in [0.29, 0.717) is 25.5 Å². The van der Waals surface area contributed by atoms with Crippen LogP contribution in [-0.4, -0.2) is 27.1 Å². The van der Waals surface area contributed by atoms with Crippen molar-refractivity contribution in [2.24, 2.45) is 0 Å². The quantitative estimate of drug-likeness (QED) is 0.662. The van der Waals surface area contributed by atoms with Crippen LogP contribution >= 0.6 is 0 Å². The number of nitrogens with zero attached hydrogens (tertiary/aromatic N) is 3. The average Bonchev–Trinajstić information content (AvgIpc) is 2.96. The van der Waals surface area contributed by atoms with Crippen LogP contribution in [0.3, 0.4) is 0 Å². The van der Waals surface area contributed by atoms with Gasteiger partial charge in [0.1, 0.15) is 0 Å². The van der Waals surface area contributed by atoms with E-state index in [9.17, 15) is 9.59 Å². The molecule has 7 nitrogen and oxygen atoms in total. The lowest BCUT2D eigenvalue weighted by Crippen LogP contribution is -2.28. The van der Waals surface area contributed by atoms with Crippen LogP contribution in [-0.2, 0) is 24.4 Å². The lowest BCUT2D eigenvalue weighted by atomic mass is 10.2. The highest BCUT2D eigenvalue weighted by atomic mass is 16.5. The van der Waals surface area contributed by atoms with Gasteiger partial charge in [0.05, 0.1) is 18.1 Å². The number of nitrogens with one attached hydrogen (secondary N) is 1. The molecule has 3 rings (SSSR count). The number of ether oxygens (including phenoxy) is 1. The van der Waals surface area contributed by atoms with E-state index in [2.05, 4.69) is 10.3 Å². The van der Waals surface area contributed by atoms with E-state index in [1.165, 1.54) is 0 Å². The Morgan fingerprint density at radius 1 is 1.15 bits per heavy atom. The number of hydrogen-bond acceptors (Lipinski definition) is 4. The van der Waals surface area contributed by atoms with Gasteiger partial charge in [0.2, 0.25) is 11.8 Å². The number of aromatic nitrogens is 3. The fourth-order valence-corrected chi connectivity index (χ4v) is 3.10. The summed E-state index contributed by atoms with van der Waals surface area (Å²) in [7, 11) is 1.55. The Labute approximate surface area is 157 Å². The van der Waals surface area contributed by atoms with E-state index < -0.39 is 0 Å². The van der Waals surface area contributed by atoms with Crippen molar-refractivity contribution in [2.45, 2.75) is 39.4 Å². The fourth-order valence-electron chi connectivity index (χ4n) is 3.10. The van der Waals surface area contributed by atoms with Crippen LogP contribution in [0.4, 0.5) is 0 Å². The molecule has 0 saturated carbocycles. The topological polar surface area (TPSA) is 78.2 Å². The first-order valence-corrected chi connectivity index (χ1v) is 9.07. The minimum atomic E-state index is -0.106. The summed E-state index contributed by atoms with van der Waals surface area (Å²) in [6.45, 7) is 3.45. The third-order valence-corrected chi connectivity index (χ3v) is 4.43. The zero-order valence-corrected chi connectivity index (χ0v) is 15.6. The number of carbonyl (C=O) groups is 1. The van der Waals surface area contributed by atoms with Crippen LogP contribution in [0.15, 0.2) is 47.4 Å². The van der Waals surface area contributed by atoms with Gasteiger partial charge in [0, 0.05) is 38.3 Å². The molecule has 3 aromatic rings. The minimum absolute atomic E-state index is 0.0651. The van der Waals surface area contributed by atoms with Gasteiger partial charge in [-0.1, -0.05) is 19.1 Å². The molecule has 2 heterocycles. The van der Waals surface area contributed by atoms with Crippen LogP contribution in [0.2, 0.25) is 0 Å². The first-order valence-electron chi connectivity index (χ1n) is 9.07. The van der Waals surface area contributed by atoms with E-state index in [0.717, 1.165) is 23.0 Å². The van der Waals surface area contributed by atoms with Gasteiger partial charge in [-0.15, -0.1) is 0 Å². The van der Waals surface area contributed by atoms with Gasteiger partial charge in [0.25, 0.3) is 0 Å². The molecule has 0 aliphatic heterocycles. The highest BCUT2D eigenvalue weighted by molar-refractivity contribution is 5.78. The van der Waals surface area contributed by atoms with Gasteiger partial charge in [-0.2, -0.15) is 0 Å². The molecule has 1 aromatic carbocycles. The minimum Gasteiger partial charge on any atom is -0.481 e. The Bertz CT molecular complexity index is 990. The van der Waals surface area contributed by atoms with Gasteiger partial charge >= 0.3 is 5.69 Å². The summed E-state index contributed by atoms with van der Waals surface area (Å²) in [5.41, 5.74) is 2.62. The molecule has 7 heteroatoms. The second kappa shape index (κ2) is 8.53. The molecule has 0 saturated heterocycles. The van der Waals surface area contributed by atoms with Gasteiger partial charge < -0.3 is 10.1 Å². The lowest BCUT2D eigenvalue weighted by molar-refractivity contribution is -0.121. The second-order valence-electron chi connectivity index (χ2n) is 6.31. The maximum atomic E-state index is 12.7. The Morgan fingerprint density at radius 2 is 1.85 bits per heavy atom. The Balaban J connectivity index is 1.67. The third-order valence-electron chi connectivity index (χ3n) is 4.43. The standard InChI is InChI=1S/C20H24N4O3/c1-3-11-23-16-6-4-5-7-17(16)24(20(23)26)12-9-18(25)22-14-15-8-10-21-19(13-15)27-2/h4-8,10,13H,3,9,11-12,14H2,1-2H3,(H,22,25). The maximum absolute atomic E-state index is 12.7. The maximum Gasteiger partial charge on any atom is 0.329 e. The van der Waals surface area contributed by atoms with Crippen LogP contribution in [0.5, 0.6) is 5.88 Å². The number of fused-ring (bicyclic) bond motifs is 1.